The van der Waals surface area contributed by atoms with Crippen LogP contribution in [0.2, 0.25) is 0 Å². The van der Waals surface area contributed by atoms with Gasteiger partial charge in [0.25, 0.3) is 5.91 Å². The molecular weight excluding hydrogens is 330 g/mol. The number of hydrogen-bond acceptors (Lipinski definition) is 5. The zero-order chi connectivity index (χ0) is 17.8. The average molecular weight is 349 g/mol. The zero-order valence-electron chi connectivity index (χ0n) is 14.2. The highest BCUT2D eigenvalue weighted by Crippen LogP contribution is 2.18. The molecule has 3 aromatic rings. The van der Waals surface area contributed by atoms with E-state index in [2.05, 4.69) is 15.2 Å². The standard InChI is InChI=1S/C19H19N5O2/c25-19(16-1-3-17(4-2-16)24-13-21-22-14-24)23-10-7-18(11-23)26-12-15-5-8-20-9-6-15/h1-6,8-9,13-14,18H,7,10-12H2. The molecule has 7 heteroatoms. The van der Waals surface area contributed by atoms with Crippen molar-refractivity contribution in [3.8, 4) is 5.69 Å². The van der Waals surface area contributed by atoms with Crippen molar-refractivity contribution in [2.24, 2.45) is 0 Å². The number of carbonyl (C=O) groups excluding carboxylic acids is 1. The summed E-state index contributed by atoms with van der Waals surface area (Å²) in [4.78, 5) is 18.5. The number of rotatable bonds is 5. The summed E-state index contributed by atoms with van der Waals surface area (Å²) in [5.74, 6) is 0.0373. The summed E-state index contributed by atoms with van der Waals surface area (Å²) in [5, 5.41) is 7.57. The van der Waals surface area contributed by atoms with E-state index in [1.165, 1.54) is 0 Å². The van der Waals surface area contributed by atoms with Crippen LogP contribution in [0.4, 0.5) is 0 Å². The molecular formula is C19H19N5O2. The molecule has 0 N–H and O–H groups in total. The maximum atomic E-state index is 12.7. The third-order valence-electron chi connectivity index (χ3n) is 4.50. The minimum absolute atomic E-state index is 0.0373. The summed E-state index contributed by atoms with van der Waals surface area (Å²) in [5.41, 5.74) is 2.69. The smallest absolute Gasteiger partial charge is 0.253 e. The first-order valence-corrected chi connectivity index (χ1v) is 8.54. The van der Waals surface area contributed by atoms with Gasteiger partial charge in [-0.15, -0.1) is 10.2 Å². The summed E-state index contributed by atoms with van der Waals surface area (Å²) in [6.07, 6.45) is 7.70. The van der Waals surface area contributed by atoms with Gasteiger partial charge in [-0.05, 0) is 48.4 Å². The van der Waals surface area contributed by atoms with Crippen LogP contribution in [0.1, 0.15) is 22.3 Å². The minimum Gasteiger partial charge on any atom is -0.372 e. The van der Waals surface area contributed by atoms with Crippen molar-refractivity contribution < 1.29 is 9.53 Å². The van der Waals surface area contributed by atoms with Crippen molar-refractivity contribution in [2.75, 3.05) is 13.1 Å². The van der Waals surface area contributed by atoms with Crippen LogP contribution >= 0.6 is 0 Å². The van der Waals surface area contributed by atoms with E-state index in [-0.39, 0.29) is 12.0 Å². The maximum Gasteiger partial charge on any atom is 0.253 e. The third kappa shape index (κ3) is 3.62. The third-order valence-corrected chi connectivity index (χ3v) is 4.50. The number of benzene rings is 1. The van der Waals surface area contributed by atoms with Crippen LogP contribution in [0.5, 0.6) is 0 Å². The molecule has 1 aliphatic rings. The lowest BCUT2D eigenvalue weighted by Crippen LogP contribution is -2.30. The SMILES string of the molecule is O=C(c1ccc(-n2cnnc2)cc1)N1CCC(OCc2ccncc2)C1. The van der Waals surface area contributed by atoms with Gasteiger partial charge in [0.15, 0.2) is 0 Å². The average Bonchev–Trinajstić information content (AvgIpc) is 3.39. The molecule has 1 atom stereocenters. The fraction of sp³-hybridized carbons (Fsp3) is 0.263. The molecule has 1 fully saturated rings. The van der Waals surface area contributed by atoms with E-state index in [9.17, 15) is 4.79 Å². The van der Waals surface area contributed by atoms with Gasteiger partial charge >= 0.3 is 0 Å². The van der Waals surface area contributed by atoms with Crippen molar-refractivity contribution in [1.29, 1.82) is 0 Å². The summed E-state index contributed by atoms with van der Waals surface area (Å²) >= 11 is 0. The van der Waals surface area contributed by atoms with Crippen LogP contribution in [0, 0.1) is 0 Å². The van der Waals surface area contributed by atoms with Gasteiger partial charge in [-0.25, -0.2) is 0 Å². The molecule has 1 unspecified atom stereocenters. The zero-order valence-corrected chi connectivity index (χ0v) is 14.2. The Bertz CT molecular complexity index is 849. The van der Waals surface area contributed by atoms with E-state index < -0.39 is 0 Å². The molecule has 26 heavy (non-hydrogen) atoms. The van der Waals surface area contributed by atoms with Crippen LogP contribution < -0.4 is 0 Å². The monoisotopic (exact) mass is 349 g/mol. The lowest BCUT2D eigenvalue weighted by molar-refractivity contribution is 0.0437. The normalized spacial score (nSPS) is 16.8. The van der Waals surface area contributed by atoms with Gasteiger partial charge in [-0.3, -0.25) is 14.3 Å². The van der Waals surface area contributed by atoms with Crippen molar-refractivity contribution in [3.63, 3.8) is 0 Å². The molecule has 4 rings (SSSR count). The molecule has 2 aromatic heterocycles. The van der Waals surface area contributed by atoms with E-state index in [0.717, 1.165) is 17.7 Å². The second-order valence-corrected chi connectivity index (χ2v) is 6.24. The second kappa shape index (κ2) is 7.45. The second-order valence-electron chi connectivity index (χ2n) is 6.24. The number of carbonyl (C=O) groups is 1. The number of pyridine rings is 1. The van der Waals surface area contributed by atoms with E-state index in [1.54, 1.807) is 29.6 Å². The molecule has 132 valence electrons. The molecule has 0 radical (unpaired) electrons. The quantitative estimate of drug-likeness (QED) is 0.705. The molecule has 1 aliphatic heterocycles. The van der Waals surface area contributed by atoms with Crippen LogP contribution in [0.25, 0.3) is 5.69 Å². The van der Waals surface area contributed by atoms with E-state index in [0.29, 0.717) is 25.3 Å². The first-order chi connectivity index (χ1) is 12.8. The summed E-state index contributed by atoms with van der Waals surface area (Å²) < 4.78 is 7.73. The molecule has 0 spiro atoms. The van der Waals surface area contributed by atoms with Gasteiger partial charge in [0, 0.05) is 36.7 Å². The molecule has 0 saturated carbocycles. The van der Waals surface area contributed by atoms with Gasteiger partial charge in [-0.2, -0.15) is 0 Å². The molecule has 0 aliphatic carbocycles. The fourth-order valence-electron chi connectivity index (χ4n) is 3.03. The number of hydrogen-bond donors (Lipinski definition) is 0. The van der Waals surface area contributed by atoms with Gasteiger partial charge in [0.1, 0.15) is 12.7 Å². The predicted molar refractivity (Wildman–Crippen MR) is 94.7 cm³/mol. The van der Waals surface area contributed by atoms with Crippen molar-refractivity contribution >= 4 is 5.91 Å². The Morgan fingerprint density at radius 1 is 1.08 bits per heavy atom. The van der Waals surface area contributed by atoms with Gasteiger partial charge < -0.3 is 9.64 Å². The Balaban J connectivity index is 1.34. The highest BCUT2D eigenvalue weighted by atomic mass is 16.5. The van der Waals surface area contributed by atoms with E-state index in [1.807, 2.05) is 41.3 Å². The molecule has 3 heterocycles. The molecule has 0 bridgehead atoms. The van der Waals surface area contributed by atoms with Crippen LogP contribution in [0.3, 0.4) is 0 Å². The Labute approximate surface area is 151 Å². The molecule has 1 aromatic carbocycles. The Hall–Kier alpha value is -3.06. The number of likely N-dealkylation sites (tertiary alicyclic amines) is 1. The van der Waals surface area contributed by atoms with Crippen LogP contribution in [-0.2, 0) is 11.3 Å². The Kier molecular flexibility index (Phi) is 4.70. The predicted octanol–water partition coefficient (Wildman–Crippen LogP) is 2.09. The highest BCUT2D eigenvalue weighted by molar-refractivity contribution is 5.94. The highest BCUT2D eigenvalue weighted by Gasteiger charge is 2.27. The fourth-order valence-corrected chi connectivity index (χ4v) is 3.03. The molecule has 1 amide bonds. The summed E-state index contributed by atoms with van der Waals surface area (Å²) in [6.45, 7) is 1.88. The van der Waals surface area contributed by atoms with Crippen molar-refractivity contribution in [3.05, 3.63) is 72.6 Å². The maximum absolute atomic E-state index is 12.7. The van der Waals surface area contributed by atoms with E-state index in [4.69, 9.17) is 4.74 Å². The number of nitrogens with zero attached hydrogens (tertiary/aromatic N) is 5. The first kappa shape index (κ1) is 16.4. The Morgan fingerprint density at radius 2 is 1.81 bits per heavy atom. The first-order valence-electron chi connectivity index (χ1n) is 8.54. The van der Waals surface area contributed by atoms with E-state index >= 15 is 0 Å². The summed E-state index contributed by atoms with van der Waals surface area (Å²) in [6, 6.07) is 11.3. The summed E-state index contributed by atoms with van der Waals surface area (Å²) in [7, 11) is 0. The van der Waals surface area contributed by atoms with Crippen molar-refractivity contribution in [2.45, 2.75) is 19.1 Å². The van der Waals surface area contributed by atoms with Crippen molar-refractivity contribution in [1.82, 2.24) is 24.6 Å². The number of ether oxygens (including phenoxy) is 1. The molecule has 1 saturated heterocycles. The number of aromatic nitrogens is 4. The van der Waals surface area contributed by atoms with Crippen LogP contribution in [0.15, 0.2) is 61.4 Å². The lowest BCUT2D eigenvalue weighted by atomic mass is 10.2. The number of amides is 1. The largest absolute Gasteiger partial charge is 0.372 e. The van der Waals surface area contributed by atoms with Crippen LogP contribution in [-0.4, -0.2) is 49.7 Å². The topological polar surface area (TPSA) is 73.1 Å². The lowest BCUT2D eigenvalue weighted by Gasteiger charge is -2.17. The molecule has 7 nitrogen and oxygen atoms in total. The van der Waals surface area contributed by atoms with Gasteiger partial charge in [0.2, 0.25) is 0 Å². The van der Waals surface area contributed by atoms with Gasteiger partial charge in [-0.1, -0.05) is 0 Å². The van der Waals surface area contributed by atoms with Gasteiger partial charge in [0.05, 0.1) is 12.7 Å². The minimum atomic E-state index is 0.0373. The Morgan fingerprint density at radius 3 is 2.54 bits per heavy atom.